The van der Waals surface area contributed by atoms with Gasteiger partial charge in [-0.25, -0.2) is 23.5 Å². The summed E-state index contributed by atoms with van der Waals surface area (Å²) in [7, 11) is -3.78. The van der Waals surface area contributed by atoms with Crippen LogP contribution in [0.25, 0.3) is 0 Å². The Morgan fingerprint density at radius 2 is 1.85 bits per heavy atom. The van der Waals surface area contributed by atoms with Gasteiger partial charge in [0.05, 0.1) is 4.90 Å². The Hall–Kier alpha value is -2.52. The number of anilines is 2. The van der Waals surface area contributed by atoms with E-state index in [0.29, 0.717) is 17.3 Å². The summed E-state index contributed by atoms with van der Waals surface area (Å²) in [4.78, 5) is 22.9. The first-order chi connectivity index (χ1) is 12.3. The SMILES string of the molecule is CC1CCN(c2cc(NC(=O)c3ccc(S(N)(=O)=O)cc3)ncn2)CC1. The van der Waals surface area contributed by atoms with Crippen molar-refractivity contribution in [3.63, 3.8) is 0 Å². The maximum Gasteiger partial charge on any atom is 0.256 e. The van der Waals surface area contributed by atoms with Crippen molar-refractivity contribution in [3.8, 4) is 0 Å². The van der Waals surface area contributed by atoms with E-state index in [0.717, 1.165) is 31.7 Å². The third-order valence-electron chi connectivity index (χ3n) is 4.45. The van der Waals surface area contributed by atoms with E-state index < -0.39 is 10.0 Å². The van der Waals surface area contributed by atoms with E-state index in [1.54, 1.807) is 6.07 Å². The first-order valence-electron chi connectivity index (χ1n) is 8.34. The fourth-order valence-corrected chi connectivity index (χ4v) is 3.33. The summed E-state index contributed by atoms with van der Waals surface area (Å²) in [6.07, 6.45) is 3.65. The van der Waals surface area contributed by atoms with Crippen LogP contribution in [0.1, 0.15) is 30.1 Å². The zero-order chi connectivity index (χ0) is 18.7. The van der Waals surface area contributed by atoms with Crippen molar-refractivity contribution in [3.05, 3.63) is 42.2 Å². The molecule has 0 saturated carbocycles. The minimum Gasteiger partial charge on any atom is -0.356 e. The molecule has 3 rings (SSSR count). The van der Waals surface area contributed by atoms with Crippen LogP contribution >= 0.6 is 0 Å². The normalized spacial score (nSPS) is 15.7. The van der Waals surface area contributed by atoms with Crippen LogP contribution in [-0.2, 0) is 10.0 Å². The molecule has 0 radical (unpaired) electrons. The fraction of sp³-hybridized carbons (Fsp3) is 0.353. The molecule has 26 heavy (non-hydrogen) atoms. The van der Waals surface area contributed by atoms with Crippen LogP contribution < -0.4 is 15.4 Å². The van der Waals surface area contributed by atoms with Gasteiger partial charge in [-0.05, 0) is 43.0 Å². The third kappa shape index (κ3) is 4.36. The molecule has 138 valence electrons. The van der Waals surface area contributed by atoms with Gasteiger partial charge in [-0.2, -0.15) is 0 Å². The van der Waals surface area contributed by atoms with E-state index in [-0.39, 0.29) is 10.8 Å². The molecule has 1 aliphatic rings. The molecular weight excluding hydrogens is 354 g/mol. The lowest BCUT2D eigenvalue weighted by Gasteiger charge is -2.31. The van der Waals surface area contributed by atoms with Gasteiger partial charge < -0.3 is 10.2 Å². The minimum absolute atomic E-state index is 0.0438. The zero-order valence-electron chi connectivity index (χ0n) is 14.4. The number of carbonyl (C=O) groups excluding carboxylic acids is 1. The number of hydrogen-bond donors (Lipinski definition) is 2. The molecular formula is C17H21N5O3S. The number of primary sulfonamides is 1. The second-order valence-electron chi connectivity index (χ2n) is 6.45. The number of sulfonamides is 1. The van der Waals surface area contributed by atoms with Crippen LogP contribution in [0.4, 0.5) is 11.6 Å². The Kier molecular flexibility index (Phi) is 5.19. The smallest absolute Gasteiger partial charge is 0.256 e. The van der Waals surface area contributed by atoms with E-state index in [1.807, 2.05) is 0 Å². The predicted octanol–water partition coefficient (Wildman–Crippen LogP) is 1.61. The largest absolute Gasteiger partial charge is 0.356 e. The molecule has 2 aromatic rings. The number of nitrogens with two attached hydrogens (primary N) is 1. The molecule has 1 saturated heterocycles. The van der Waals surface area contributed by atoms with E-state index >= 15 is 0 Å². The number of nitrogens with zero attached hydrogens (tertiary/aromatic N) is 3. The minimum atomic E-state index is -3.78. The molecule has 1 fully saturated rings. The molecule has 1 aliphatic heterocycles. The quantitative estimate of drug-likeness (QED) is 0.838. The number of rotatable bonds is 4. The molecule has 1 aromatic heterocycles. The molecule has 0 unspecified atom stereocenters. The summed E-state index contributed by atoms with van der Waals surface area (Å²) in [6.45, 7) is 4.10. The topological polar surface area (TPSA) is 118 Å². The second kappa shape index (κ2) is 7.38. The molecule has 9 heteroatoms. The Balaban J connectivity index is 1.70. The first kappa shape index (κ1) is 18.3. The van der Waals surface area contributed by atoms with Crippen LogP contribution in [0.15, 0.2) is 41.6 Å². The molecule has 3 N–H and O–H groups in total. The number of benzene rings is 1. The average molecular weight is 375 g/mol. The number of nitrogens with one attached hydrogen (secondary N) is 1. The summed E-state index contributed by atoms with van der Waals surface area (Å²) in [5, 5.41) is 7.76. The number of aromatic nitrogens is 2. The van der Waals surface area contributed by atoms with Crippen LogP contribution in [0.3, 0.4) is 0 Å². The van der Waals surface area contributed by atoms with Gasteiger partial charge in [-0.1, -0.05) is 6.92 Å². The summed E-state index contributed by atoms with van der Waals surface area (Å²) >= 11 is 0. The molecule has 1 aromatic carbocycles. The number of piperidine rings is 1. The Bertz CT molecular complexity index is 891. The van der Waals surface area contributed by atoms with Crippen molar-refractivity contribution < 1.29 is 13.2 Å². The Labute approximate surface area is 152 Å². The Morgan fingerprint density at radius 1 is 1.19 bits per heavy atom. The summed E-state index contributed by atoms with van der Waals surface area (Å²) in [5.74, 6) is 1.51. The van der Waals surface area contributed by atoms with E-state index in [1.165, 1.54) is 30.6 Å². The number of hydrogen-bond acceptors (Lipinski definition) is 6. The summed E-state index contributed by atoms with van der Waals surface area (Å²) in [5.41, 5.74) is 0.310. The van der Waals surface area contributed by atoms with Gasteiger partial charge in [-0.3, -0.25) is 4.79 Å². The van der Waals surface area contributed by atoms with Gasteiger partial charge >= 0.3 is 0 Å². The maximum absolute atomic E-state index is 12.3. The predicted molar refractivity (Wildman–Crippen MR) is 98.4 cm³/mol. The molecule has 2 heterocycles. The molecule has 0 aliphatic carbocycles. The van der Waals surface area contributed by atoms with Crippen molar-refractivity contribution in [2.75, 3.05) is 23.3 Å². The van der Waals surface area contributed by atoms with Gasteiger partial charge in [0.15, 0.2) is 0 Å². The molecule has 0 bridgehead atoms. The fourth-order valence-electron chi connectivity index (χ4n) is 2.81. The van der Waals surface area contributed by atoms with Crippen LogP contribution in [-0.4, -0.2) is 37.4 Å². The highest BCUT2D eigenvalue weighted by atomic mass is 32.2. The highest BCUT2D eigenvalue weighted by Crippen LogP contribution is 2.22. The lowest BCUT2D eigenvalue weighted by atomic mass is 9.99. The lowest BCUT2D eigenvalue weighted by Crippen LogP contribution is -2.33. The molecule has 0 atom stereocenters. The number of amides is 1. The maximum atomic E-state index is 12.3. The highest BCUT2D eigenvalue weighted by molar-refractivity contribution is 7.89. The Morgan fingerprint density at radius 3 is 2.46 bits per heavy atom. The van der Waals surface area contributed by atoms with Gasteiger partial charge in [-0.15, -0.1) is 0 Å². The van der Waals surface area contributed by atoms with Gasteiger partial charge in [0, 0.05) is 24.7 Å². The zero-order valence-corrected chi connectivity index (χ0v) is 15.2. The van der Waals surface area contributed by atoms with E-state index in [9.17, 15) is 13.2 Å². The first-order valence-corrected chi connectivity index (χ1v) is 9.89. The van der Waals surface area contributed by atoms with Crippen molar-refractivity contribution in [2.45, 2.75) is 24.7 Å². The molecule has 0 spiro atoms. The molecule has 1 amide bonds. The van der Waals surface area contributed by atoms with Crippen LogP contribution in [0.2, 0.25) is 0 Å². The average Bonchev–Trinajstić information content (AvgIpc) is 2.62. The van der Waals surface area contributed by atoms with E-state index in [4.69, 9.17) is 5.14 Å². The number of carbonyl (C=O) groups is 1. The van der Waals surface area contributed by atoms with Crippen molar-refractivity contribution in [1.82, 2.24) is 9.97 Å². The van der Waals surface area contributed by atoms with Crippen molar-refractivity contribution in [2.24, 2.45) is 11.1 Å². The van der Waals surface area contributed by atoms with Gasteiger partial charge in [0.2, 0.25) is 10.0 Å². The van der Waals surface area contributed by atoms with Crippen molar-refractivity contribution >= 4 is 27.6 Å². The van der Waals surface area contributed by atoms with Gasteiger partial charge in [0.1, 0.15) is 18.0 Å². The van der Waals surface area contributed by atoms with Crippen LogP contribution in [0, 0.1) is 5.92 Å². The van der Waals surface area contributed by atoms with Gasteiger partial charge in [0.25, 0.3) is 5.91 Å². The third-order valence-corrected chi connectivity index (χ3v) is 5.38. The van der Waals surface area contributed by atoms with Crippen LogP contribution in [0.5, 0.6) is 0 Å². The summed E-state index contributed by atoms with van der Waals surface area (Å²) < 4.78 is 22.5. The monoisotopic (exact) mass is 375 g/mol. The van der Waals surface area contributed by atoms with Crippen molar-refractivity contribution in [1.29, 1.82) is 0 Å². The highest BCUT2D eigenvalue weighted by Gasteiger charge is 2.18. The van der Waals surface area contributed by atoms with E-state index in [2.05, 4.69) is 27.1 Å². The summed E-state index contributed by atoms with van der Waals surface area (Å²) in [6, 6.07) is 7.15. The molecule has 8 nitrogen and oxygen atoms in total. The standard InChI is InChI=1S/C17H21N5O3S/c1-12-6-8-22(9-7-12)16-10-15(19-11-20-16)21-17(23)13-2-4-14(5-3-13)26(18,24)25/h2-5,10-12H,6-9H2,1H3,(H2,18,24,25)(H,19,20,21,23). The lowest BCUT2D eigenvalue weighted by molar-refractivity contribution is 0.102. The second-order valence-corrected chi connectivity index (χ2v) is 8.02.